The number of likely N-dealkylation sites (tertiary alicyclic amines) is 1. The highest BCUT2D eigenvalue weighted by Crippen LogP contribution is 2.53. The van der Waals surface area contributed by atoms with Crippen molar-refractivity contribution in [3.63, 3.8) is 0 Å². The van der Waals surface area contributed by atoms with Crippen molar-refractivity contribution in [3.05, 3.63) is 22.9 Å². The van der Waals surface area contributed by atoms with E-state index >= 15 is 0 Å². The molecular weight excluding hydrogens is 425 g/mol. The van der Waals surface area contributed by atoms with Crippen LogP contribution in [0.15, 0.2) is 22.9 Å². The lowest BCUT2D eigenvalue weighted by atomic mass is 9.90. The van der Waals surface area contributed by atoms with Crippen molar-refractivity contribution < 1.29 is 15.0 Å². The Bertz CT molecular complexity index is 710. The van der Waals surface area contributed by atoms with Crippen LogP contribution < -0.4 is 0 Å². The van der Waals surface area contributed by atoms with Crippen LogP contribution in [0.25, 0.3) is 0 Å². The predicted molar refractivity (Wildman–Crippen MR) is 118 cm³/mol. The molecule has 8 heteroatoms. The minimum absolute atomic E-state index is 0.0309. The first kappa shape index (κ1) is 22.4. The zero-order chi connectivity index (χ0) is 21.3. The SMILES string of the molecule is O=C1CCN(C2=CC=C(Cl)C(Cl)C2)CCN1C(CO)CCN1CCC2(CC2)C(O)C1. The quantitative estimate of drug-likeness (QED) is 0.598. The van der Waals surface area contributed by atoms with Crippen LogP contribution in [-0.2, 0) is 4.79 Å². The van der Waals surface area contributed by atoms with E-state index in [1.54, 1.807) is 0 Å². The molecule has 0 bridgehead atoms. The number of alkyl halides is 1. The number of carbonyl (C=O) groups excluding carboxylic acids is 1. The van der Waals surface area contributed by atoms with E-state index in [9.17, 15) is 15.0 Å². The summed E-state index contributed by atoms with van der Waals surface area (Å²) in [6.45, 7) is 4.47. The van der Waals surface area contributed by atoms with Gasteiger partial charge in [-0.2, -0.15) is 0 Å². The molecule has 3 atom stereocenters. The standard InChI is InChI=1S/C22H33Cl2N3O3/c23-18-2-1-16(13-19(18)24)26-9-4-21(30)27(12-11-26)17(15-28)3-8-25-10-7-22(5-6-22)20(29)14-25/h1-2,17,19-20,28-29H,3-15H2. The first-order chi connectivity index (χ1) is 14.4. The Morgan fingerprint density at radius 1 is 1.17 bits per heavy atom. The molecule has 168 valence electrons. The van der Waals surface area contributed by atoms with Gasteiger partial charge in [-0.1, -0.05) is 11.6 Å². The summed E-state index contributed by atoms with van der Waals surface area (Å²) in [6, 6.07) is -0.179. The molecule has 0 aromatic carbocycles. The van der Waals surface area contributed by atoms with Gasteiger partial charge in [0.2, 0.25) is 5.91 Å². The third-order valence-electron chi connectivity index (χ3n) is 7.44. The lowest BCUT2D eigenvalue weighted by Crippen LogP contribution is -2.48. The Morgan fingerprint density at radius 2 is 1.97 bits per heavy atom. The fourth-order valence-electron chi connectivity index (χ4n) is 5.08. The van der Waals surface area contributed by atoms with Crippen molar-refractivity contribution in [2.24, 2.45) is 5.41 Å². The number of rotatable bonds is 6. The van der Waals surface area contributed by atoms with Crippen LogP contribution in [0.3, 0.4) is 0 Å². The van der Waals surface area contributed by atoms with Crippen LogP contribution in [0.4, 0.5) is 0 Å². The number of aliphatic hydroxyl groups excluding tert-OH is 2. The Hall–Kier alpha value is -0.790. The van der Waals surface area contributed by atoms with Crippen molar-refractivity contribution in [1.29, 1.82) is 0 Å². The first-order valence-corrected chi connectivity index (χ1v) is 12.0. The van der Waals surface area contributed by atoms with Gasteiger partial charge < -0.3 is 24.9 Å². The summed E-state index contributed by atoms with van der Waals surface area (Å²) in [4.78, 5) is 19.2. The van der Waals surface area contributed by atoms with E-state index in [4.69, 9.17) is 23.2 Å². The Kier molecular flexibility index (Phi) is 7.00. The topological polar surface area (TPSA) is 67.2 Å². The van der Waals surface area contributed by atoms with Gasteiger partial charge in [-0.05, 0) is 49.8 Å². The van der Waals surface area contributed by atoms with Gasteiger partial charge in [0, 0.05) is 56.3 Å². The molecule has 2 aliphatic heterocycles. The van der Waals surface area contributed by atoms with E-state index in [-0.39, 0.29) is 35.5 Å². The monoisotopic (exact) mass is 457 g/mol. The van der Waals surface area contributed by atoms with Gasteiger partial charge in [0.05, 0.1) is 24.1 Å². The molecule has 30 heavy (non-hydrogen) atoms. The maximum Gasteiger partial charge on any atom is 0.224 e. The minimum Gasteiger partial charge on any atom is -0.394 e. The summed E-state index contributed by atoms with van der Waals surface area (Å²) in [6.07, 6.45) is 8.82. The lowest BCUT2D eigenvalue weighted by Gasteiger charge is -2.38. The Balaban J connectivity index is 1.31. The first-order valence-electron chi connectivity index (χ1n) is 11.2. The minimum atomic E-state index is -0.232. The van der Waals surface area contributed by atoms with E-state index in [0.717, 1.165) is 51.0 Å². The summed E-state index contributed by atoms with van der Waals surface area (Å²) < 4.78 is 0. The van der Waals surface area contributed by atoms with E-state index in [0.29, 0.717) is 37.5 Å². The van der Waals surface area contributed by atoms with Crippen molar-refractivity contribution >= 4 is 29.1 Å². The van der Waals surface area contributed by atoms with Crippen LogP contribution in [0.2, 0.25) is 0 Å². The van der Waals surface area contributed by atoms with Gasteiger partial charge in [-0.25, -0.2) is 0 Å². The molecule has 4 aliphatic rings. The summed E-state index contributed by atoms with van der Waals surface area (Å²) in [5.41, 5.74) is 1.32. The second kappa shape index (κ2) is 9.37. The van der Waals surface area contributed by atoms with Gasteiger partial charge in [-0.3, -0.25) is 4.79 Å². The Labute approximate surface area is 189 Å². The molecule has 2 saturated heterocycles. The van der Waals surface area contributed by atoms with Crippen molar-refractivity contribution in [3.8, 4) is 0 Å². The number of nitrogens with zero attached hydrogens (tertiary/aromatic N) is 3. The molecule has 6 nitrogen and oxygen atoms in total. The highest BCUT2D eigenvalue weighted by atomic mass is 35.5. The van der Waals surface area contributed by atoms with Gasteiger partial charge in [0.15, 0.2) is 0 Å². The van der Waals surface area contributed by atoms with Crippen LogP contribution in [-0.4, -0.2) is 94.2 Å². The molecule has 3 unspecified atom stereocenters. The van der Waals surface area contributed by atoms with E-state index in [2.05, 4.69) is 9.80 Å². The van der Waals surface area contributed by atoms with Crippen molar-refractivity contribution in [1.82, 2.24) is 14.7 Å². The smallest absolute Gasteiger partial charge is 0.224 e. The van der Waals surface area contributed by atoms with Crippen LogP contribution in [0, 0.1) is 5.41 Å². The van der Waals surface area contributed by atoms with Crippen molar-refractivity contribution in [2.75, 3.05) is 45.9 Å². The normalized spacial score (nSPS) is 30.7. The fourth-order valence-corrected chi connectivity index (χ4v) is 5.45. The third kappa shape index (κ3) is 4.83. The van der Waals surface area contributed by atoms with Crippen LogP contribution in [0.1, 0.15) is 38.5 Å². The third-order valence-corrected chi connectivity index (χ3v) is 8.33. The van der Waals surface area contributed by atoms with Gasteiger partial charge in [0.1, 0.15) is 0 Å². The highest BCUT2D eigenvalue weighted by molar-refractivity contribution is 6.37. The molecule has 4 rings (SSSR count). The van der Waals surface area contributed by atoms with Crippen molar-refractivity contribution in [2.45, 2.75) is 56.0 Å². The number of allylic oxidation sites excluding steroid dienone is 4. The van der Waals surface area contributed by atoms with Crippen LogP contribution >= 0.6 is 23.2 Å². The summed E-state index contributed by atoms with van der Waals surface area (Å²) in [7, 11) is 0. The number of amides is 1. The molecule has 1 spiro atoms. The zero-order valence-corrected chi connectivity index (χ0v) is 19.0. The summed E-state index contributed by atoms with van der Waals surface area (Å²) >= 11 is 12.4. The molecule has 0 radical (unpaired) electrons. The number of halogens is 2. The van der Waals surface area contributed by atoms with E-state index < -0.39 is 0 Å². The number of aliphatic hydroxyl groups is 2. The number of piperidine rings is 1. The second-order valence-electron chi connectivity index (χ2n) is 9.26. The molecule has 1 amide bonds. The largest absolute Gasteiger partial charge is 0.394 e. The molecule has 0 aromatic heterocycles. The second-order valence-corrected chi connectivity index (χ2v) is 10.2. The van der Waals surface area contributed by atoms with Gasteiger partial charge in [0.25, 0.3) is 0 Å². The average molecular weight is 458 g/mol. The molecule has 3 fully saturated rings. The number of hydrogen-bond donors (Lipinski definition) is 2. The summed E-state index contributed by atoms with van der Waals surface area (Å²) in [5, 5.41) is 20.9. The number of β-amino-alcohol motifs (C(OH)–C–C–N with tert-alkyl or cyclic N) is 1. The molecule has 2 aliphatic carbocycles. The fraction of sp³-hybridized carbons (Fsp3) is 0.773. The number of hydrogen-bond acceptors (Lipinski definition) is 5. The molecular formula is C22H33Cl2N3O3. The maximum absolute atomic E-state index is 12.8. The van der Waals surface area contributed by atoms with Gasteiger partial charge >= 0.3 is 0 Å². The summed E-state index contributed by atoms with van der Waals surface area (Å²) in [5.74, 6) is 0.0968. The molecule has 2 heterocycles. The molecule has 0 aromatic rings. The van der Waals surface area contributed by atoms with E-state index in [1.807, 2.05) is 17.1 Å². The maximum atomic E-state index is 12.8. The van der Waals surface area contributed by atoms with E-state index in [1.165, 1.54) is 0 Å². The predicted octanol–water partition coefficient (Wildman–Crippen LogP) is 2.14. The molecule has 1 saturated carbocycles. The zero-order valence-electron chi connectivity index (χ0n) is 17.5. The van der Waals surface area contributed by atoms with Gasteiger partial charge in [-0.15, -0.1) is 11.6 Å². The lowest BCUT2D eigenvalue weighted by molar-refractivity contribution is -0.133. The number of carbonyl (C=O) groups is 1. The van der Waals surface area contributed by atoms with Crippen LogP contribution in [0.5, 0.6) is 0 Å². The average Bonchev–Trinajstić information content (AvgIpc) is 3.53. The molecule has 2 N–H and O–H groups in total. The highest BCUT2D eigenvalue weighted by Gasteiger charge is 2.51. The Morgan fingerprint density at radius 3 is 2.63 bits per heavy atom.